The molecular formula is C23H24O7. The lowest BCUT2D eigenvalue weighted by atomic mass is 10.1. The van der Waals surface area contributed by atoms with E-state index in [4.69, 9.17) is 28.1 Å². The van der Waals surface area contributed by atoms with Crippen LogP contribution in [-0.2, 0) is 14.2 Å². The van der Waals surface area contributed by atoms with Gasteiger partial charge in [-0.1, -0.05) is 30.3 Å². The molecule has 0 bridgehead atoms. The maximum Gasteiger partial charge on any atom is 0.344 e. The molecular weight excluding hydrogens is 388 g/mol. The zero-order valence-electron chi connectivity index (χ0n) is 16.6. The first-order chi connectivity index (χ1) is 14.8. The quantitative estimate of drug-likeness (QED) is 0.568. The van der Waals surface area contributed by atoms with E-state index < -0.39 is 5.63 Å². The minimum atomic E-state index is -0.432. The highest BCUT2D eigenvalue weighted by atomic mass is 16.6. The molecule has 3 aromatic rings. The Morgan fingerprint density at radius 3 is 2.00 bits per heavy atom. The van der Waals surface area contributed by atoms with Gasteiger partial charge in [0, 0.05) is 5.39 Å². The van der Waals surface area contributed by atoms with Gasteiger partial charge >= 0.3 is 5.63 Å². The highest BCUT2D eigenvalue weighted by molar-refractivity contribution is 5.88. The summed E-state index contributed by atoms with van der Waals surface area (Å²) in [4.78, 5) is 12.7. The van der Waals surface area contributed by atoms with E-state index in [1.165, 1.54) is 0 Å². The van der Waals surface area contributed by atoms with E-state index in [0.29, 0.717) is 68.9 Å². The third kappa shape index (κ3) is 4.99. The monoisotopic (exact) mass is 412 g/mol. The maximum atomic E-state index is 12.7. The molecule has 7 heteroatoms. The fourth-order valence-corrected chi connectivity index (χ4v) is 3.17. The second kappa shape index (κ2) is 10.2. The van der Waals surface area contributed by atoms with Crippen LogP contribution in [-0.4, -0.2) is 52.9 Å². The van der Waals surface area contributed by atoms with Gasteiger partial charge in [-0.3, -0.25) is 0 Å². The summed E-state index contributed by atoms with van der Waals surface area (Å²) in [6.07, 6.45) is 0. The summed E-state index contributed by atoms with van der Waals surface area (Å²) in [5.41, 5.74) is 1.22. The standard InChI is InChI=1S/C23H24O7/c24-23-19(17-4-2-1-3-5-17)16-18-6-7-20-22(21(18)30-23)29-15-13-27-11-9-25-8-10-26-12-14-28-20/h1-7,16H,8-15H2. The van der Waals surface area contributed by atoms with Gasteiger partial charge in [0.25, 0.3) is 0 Å². The summed E-state index contributed by atoms with van der Waals surface area (Å²) < 4.78 is 33.8. The van der Waals surface area contributed by atoms with Crippen molar-refractivity contribution in [3.63, 3.8) is 0 Å². The van der Waals surface area contributed by atoms with Gasteiger partial charge in [-0.15, -0.1) is 0 Å². The molecule has 7 nitrogen and oxygen atoms in total. The van der Waals surface area contributed by atoms with Crippen LogP contribution in [0.1, 0.15) is 0 Å². The average molecular weight is 412 g/mol. The Balaban J connectivity index is 1.66. The lowest BCUT2D eigenvalue weighted by molar-refractivity contribution is 0.00709. The molecule has 30 heavy (non-hydrogen) atoms. The van der Waals surface area contributed by atoms with Gasteiger partial charge in [0.1, 0.15) is 13.2 Å². The van der Waals surface area contributed by atoms with Gasteiger partial charge < -0.3 is 28.1 Å². The molecule has 0 spiro atoms. The van der Waals surface area contributed by atoms with Crippen molar-refractivity contribution >= 4 is 11.0 Å². The lowest BCUT2D eigenvalue weighted by Crippen LogP contribution is -2.13. The predicted octanol–water partition coefficient (Wildman–Crippen LogP) is 3.28. The Morgan fingerprint density at radius 1 is 0.667 bits per heavy atom. The Kier molecular flexibility index (Phi) is 6.97. The van der Waals surface area contributed by atoms with Crippen LogP contribution in [0.3, 0.4) is 0 Å². The number of benzene rings is 2. The molecule has 0 N–H and O–H groups in total. The number of hydrogen-bond donors (Lipinski definition) is 0. The molecule has 158 valence electrons. The van der Waals surface area contributed by atoms with Crippen LogP contribution in [0, 0.1) is 0 Å². The fourth-order valence-electron chi connectivity index (χ4n) is 3.17. The van der Waals surface area contributed by atoms with E-state index in [1.807, 2.05) is 48.5 Å². The summed E-state index contributed by atoms with van der Waals surface area (Å²) in [5.74, 6) is 0.881. The largest absolute Gasteiger partial charge is 0.487 e. The Morgan fingerprint density at radius 2 is 1.30 bits per heavy atom. The molecule has 0 fully saturated rings. The van der Waals surface area contributed by atoms with E-state index in [1.54, 1.807) is 0 Å². The van der Waals surface area contributed by atoms with Crippen LogP contribution in [0.5, 0.6) is 11.5 Å². The third-order valence-electron chi connectivity index (χ3n) is 4.61. The first kappa shape index (κ1) is 20.4. The average Bonchev–Trinajstić information content (AvgIpc) is 2.78. The van der Waals surface area contributed by atoms with Crippen LogP contribution < -0.4 is 15.1 Å². The van der Waals surface area contributed by atoms with Crippen LogP contribution >= 0.6 is 0 Å². The van der Waals surface area contributed by atoms with Crippen molar-refractivity contribution in [2.45, 2.75) is 0 Å². The third-order valence-corrected chi connectivity index (χ3v) is 4.61. The number of fused-ring (bicyclic) bond motifs is 3. The topological polar surface area (TPSA) is 76.4 Å². The maximum absolute atomic E-state index is 12.7. The van der Waals surface area contributed by atoms with Gasteiger partial charge in [0.05, 0.1) is 45.2 Å². The van der Waals surface area contributed by atoms with E-state index >= 15 is 0 Å². The first-order valence-corrected chi connectivity index (χ1v) is 9.98. The molecule has 4 rings (SSSR count). The van der Waals surface area contributed by atoms with Crippen molar-refractivity contribution in [1.82, 2.24) is 0 Å². The molecule has 0 amide bonds. The van der Waals surface area contributed by atoms with Gasteiger partial charge in [0.15, 0.2) is 11.3 Å². The minimum absolute atomic E-state index is 0.288. The zero-order valence-corrected chi connectivity index (χ0v) is 16.6. The predicted molar refractivity (Wildman–Crippen MR) is 111 cm³/mol. The zero-order chi connectivity index (χ0) is 20.6. The van der Waals surface area contributed by atoms with E-state index in [0.717, 1.165) is 10.9 Å². The lowest BCUT2D eigenvalue weighted by Gasteiger charge is -2.14. The van der Waals surface area contributed by atoms with E-state index in [2.05, 4.69) is 0 Å². The van der Waals surface area contributed by atoms with Crippen molar-refractivity contribution in [3.05, 3.63) is 59.0 Å². The summed E-state index contributed by atoms with van der Waals surface area (Å²) in [6.45, 7) is 3.38. The molecule has 1 aliphatic heterocycles. The first-order valence-electron chi connectivity index (χ1n) is 9.98. The molecule has 0 radical (unpaired) electrons. The van der Waals surface area contributed by atoms with Gasteiger partial charge in [-0.25, -0.2) is 4.79 Å². The highest BCUT2D eigenvalue weighted by Crippen LogP contribution is 2.36. The van der Waals surface area contributed by atoms with Crippen molar-refractivity contribution in [3.8, 4) is 22.6 Å². The van der Waals surface area contributed by atoms with Gasteiger partial charge in [-0.2, -0.15) is 0 Å². The van der Waals surface area contributed by atoms with Crippen molar-refractivity contribution < 1.29 is 28.1 Å². The van der Waals surface area contributed by atoms with Crippen molar-refractivity contribution in [1.29, 1.82) is 0 Å². The van der Waals surface area contributed by atoms with Gasteiger partial charge in [0.2, 0.25) is 5.75 Å². The molecule has 1 aromatic heterocycles. The molecule has 0 saturated carbocycles. The van der Waals surface area contributed by atoms with Crippen LogP contribution in [0.25, 0.3) is 22.1 Å². The second-order valence-corrected chi connectivity index (χ2v) is 6.66. The Hall–Kier alpha value is -2.87. The van der Waals surface area contributed by atoms with E-state index in [-0.39, 0.29) is 6.61 Å². The minimum Gasteiger partial charge on any atom is -0.487 e. The normalized spacial score (nSPS) is 16.5. The molecule has 2 aromatic carbocycles. The van der Waals surface area contributed by atoms with E-state index in [9.17, 15) is 4.79 Å². The van der Waals surface area contributed by atoms with Crippen molar-refractivity contribution in [2.24, 2.45) is 0 Å². The summed E-state index contributed by atoms with van der Waals surface area (Å²) >= 11 is 0. The summed E-state index contributed by atoms with van der Waals surface area (Å²) in [5, 5.41) is 0.749. The van der Waals surface area contributed by atoms with Crippen LogP contribution in [0.4, 0.5) is 0 Å². The number of rotatable bonds is 1. The summed E-state index contributed by atoms with van der Waals surface area (Å²) in [6, 6.07) is 14.9. The summed E-state index contributed by atoms with van der Waals surface area (Å²) in [7, 11) is 0. The highest BCUT2D eigenvalue weighted by Gasteiger charge is 2.16. The van der Waals surface area contributed by atoms with Crippen LogP contribution in [0.2, 0.25) is 0 Å². The fraction of sp³-hybridized carbons (Fsp3) is 0.348. The number of ether oxygens (including phenoxy) is 5. The molecule has 2 heterocycles. The number of hydrogen-bond acceptors (Lipinski definition) is 7. The van der Waals surface area contributed by atoms with Gasteiger partial charge in [-0.05, 0) is 23.8 Å². The Labute approximate surface area is 174 Å². The van der Waals surface area contributed by atoms with Crippen LogP contribution in [0.15, 0.2) is 57.7 Å². The molecule has 0 atom stereocenters. The Bertz CT molecular complexity index is 1010. The molecule has 0 aliphatic carbocycles. The smallest absolute Gasteiger partial charge is 0.344 e. The molecule has 0 unspecified atom stereocenters. The molecule has 1 aliphatic rings. The molecule has 0 saturated heterocycles. The van der Waals surface area contributed by atoms with Crippen molar-refractivity contribution in [2.75, 3.05) is 52.9 Å². The SMILES string of the molecule is O=c1oc2c3c(ccc2cc1-c1ccccc1)OCCOCCOCCOCCO3. The second-order valence-electron chi connectivity index (χ2n) is 6.66.